The van der Waals surface area contributed by atoms with Gasteiger partial charge in [0.25, 0.3) is 0 Å². The van der Waals surface area contributed by atoms with Crippen LogP contribution in [0.5, 0.6) is 0 Å². The Morgan fingerprint density at radius 3 is 2.44 bits per heavy atom. The van der Waals surface area contributed by atoms with Gasteiger partial charge in [0.15, 0.2) is 0 Å². The van der Waals surface area contributed by atoms with Crippen molar-refractivity contribution < 1.29 is 5.11 Å². The molecule has 16 heavy (non-hydrogen) atoms. The van der Waals surface area contributed by atoms with Crippen LogP contribution in [0.25, 0.3) is 0 Å². The molecule has 94 valence electrons. The molecular weight excluding hydrogens is 198 g/mol. The van der Waals surface area contributed by atoms with Crippen LogP contribution < -0.4 is 0 Å². The fraction of sp³-hybridized carbons (Fsp3) is 1.00. The lowest BCUT2D eigenvalue weighted by Gasteiger charge is -2.39. The van der Waals surface area contributed by atoms with Crippen molar-refractivity contribution in [2.24, 2.45) is 0 Å². The topological polar surface area (TPSA) is 23.5 Å². The van der Waals surface area contributed by atoms with Gasteiger partial charge in [0.05, 0.1) is 6.10 Å². The molecule has 1 saturated carbocycles. The van der Waals surface area contributed by atoms with Gasteiger partial charge in [-0.05, 0) is 51.5 Å². The van der Waals surface area contributed by atoms with E-state index in [1.54, 1.807) is 0 Å². The van der Waals surface area contributed by atoms with E-state index in [1.807, 2.05) is 0 Å². The minimum absolute atomic E-state index is 0.0108. The molecule has 0 radical (unpaired) electrons. The predicted octanol–water partition coefficient (Wildman–Crippen LogP) is 2.94. The Hall–Kier alpha value is -0.0800. The highest BCUT2D eigenvalue weighted by atomic mass is 16.3. The summed E-state index contributed by atoms with van der Waals surface area (Å²) in [6, 6.07) is 1.59. The maximum Gasteiger partial charge on any atom is 0.0541 e. The molecule has 2 rings (SSSR count). The van der Waals surface area contributed by atoms with Gasteiger partial charge in [0.1, 0.15) is 0 Å². The summed E-state index contributed by atoms with van der Waals surface area (Å²) < 4.78 is 0. The SMILES string of the molecule is CCC1CCCCCN1C1CCC(O)CC1. The number of aliphatic hydroxyl groups is 1. The van der Waals surface area contributed by atoms with Crippen LogP contribution in [0, 0.1) is 0 Å². The zero-order valence-corrected chi connectivity index (χ0v) is 10.7. The number of nitrogens with zero attached hydrogens (tertiary/aromatic N) is 1. The van der Waals surface area contributed by atoms with Crippen LogP contribution in [0.1, 0.15) is 64.7 Å². The molecule has 2 aliphatic rings. The zero-order valence-electron chi connectivity index (χ0n) is 10.7. The van der Waals surface area contributed by atoms with Gasteiger partial charge in [0, 0.05) is 12.1 Å². The second kappa shape index (κ2) is 6.02. The normalized spacial score (nSPS) is 38.2. The summed E-state index contributed by atoms with van der Waals surface area (Å²) in [5.41, 5.74) is 0. The lowest BCUT2D eigenvalue weighted by atomic mass is 9.90. The molecule has 2 nitrogen and oxygen atoms in total. The van der Waals surface area contributed by atoms with E-state index in [2.05, 4.69) is 11.8 Å². The van der Waals surface area contributed by atoms with E-state index in [-0.39, 0.29) is 6.10 Å². The number of hydrogen-bond donors (Lipinski definition) is 1. The highest BCUT2D eigenvalue weighted by molar-refractivity contribution is 4.84. The van der Waals surface area contributed by atoms with E-state index in [0.717, 1.165) is 24.9 Å². The second-order valence-electron chi connectivity index (χ2n) is 5.61. The molecule has 2 heteroatoms. The van der Waals surface area contributed by atoms with Crippen molar-refractivity contribution >= 4 is 0 Å². The molecule has 1 heterocycles. The van der Waals surface area contributed by atoms with Gasteiger partial charge >= 0.3 is 0 Å². The number of likely N-dealkylation sites (tertiary alicyclic amines) is 1. The molecule has 0 aromatic heterocycles. The molecule has 1 aliphatic heterocycles. The van der Waals surface area contributed by atoms with Crippen LogP contribution in [0.2, 0.25) is 0 Å². The number of hydrogen-bond acceptors (Lipinski definition) is 2. The van der Waals surface area contributed by atoms with Crippen LogP contribution in [0.15, 0.2) is 0 Å². The zero-order chi connectivity index (χ0) is 11.4. The van der Waals surface area contributed by atoms with Gasteiger partial charge in [-0.2, -0.15) is 0 Å². The number of aliphatic hydroxyl groups excluding tert-OH is 1. The Bertz CT molecular complexity index is 199. The molecular formula is C14H27NO. The Kier molecular flexibility index (Phi) is 4.66. The summed E-state index contributed by atoms with van der Waals surface area (Å²) in [5.74, 6) is 0. The average molecular weight is 225 g/mol. The van der Waals surface area contributed by atoms with Crippen molar-refractivity contribution in [3.8, 4) is 0 Å². The maximum atomic E-state index is 9.59. The smallest absolute Gasteiger partial charge is 0.0541 e. The molecule has 0 spiro atoms. The quantitative estimate of drug-likeness (QED) is 0.781. The van der Waals surface area contributed by atoms with Gasteiger partial charge in [-0.1, -0.05) is 19.8 Å². The predicted molar refractivity (Wildman–Crippen MR) is 67.5 cm³/mol. The van der Waals surface area contributed by atoms with E-state index < -0.39 is 0 Å². The average Bonchev–Trinajstić information content (AvgIpc) is 2.55. The summed E-state index contributed by atoms with van der Waals surface area (Å²) in [5, 5.41) is 9.59. The van der Waals surface area contributed by atoms with Crippen molar-refractivity contribution in [2.45, 2.75) is 82.9 Å². The van der Waals surface area contributed by atoms with Gasteiger partial charge in [-0.25, -0.2) is 0 Å². The molecule has 1 aliphatic carbocycles. The Balaban J connectivity index is 1.93. The lowest BCUT2D eigenvalue weighted by molar-refractivity contribution is 0.0520. The summed E-state index contributed by atoms with van der Waals surface area (Å²) in [4.78, 5) is 2.78. The van der Waals surface area contributed by atoms with Crippen molar-refractivity contribution in [1.29, 1.82) is 0 Å². The first-order valence-electron chi connectivity index (χ1n) is 7.25. The fourth-order valence-corrected chi connectivity index (χ4v) is 3.51. The molecule has 0 bridgehead atoms. The van der Waals surface area contributed by atoms with E-state index in [9.17, 15) is 5.11 Å². The third kappa shape index (κ3) is 2.98. The van der Waals surface area contributed by atoms with Gasteiger partial charge in [-0.3, -0.25) is 4.90 Å². The first kappa shape index (κ1) is 12.4. The largest absolute Gasteiger partial charge is 0.393 e. The first-order valence-corrected chi connectivity index (χ1v) is 7.25. The molecule has 2 fully saturated rings. The van der Waals surface area contributed by atoms with Gasteiger partial charge in [0.2, 0.25) is 0 Å². The minimum Gasteiger partial charge on any atom is -0.393 e. The first-order chi connectivity index (χ1) is 7.81. The molecule has 1 N–H and O–H groups in total. The lowest BCUT2D eigenvalue weighted by Crippen LogP contribution is -2.45. The molecule has 0 amide bonds. The Labute approximate surface area is 100 Å². The van der Waals surface area contributed by atoms with Crippen molar-refractivity contribution in [1.82, 2.24) is 4.90 Å². The third-order valence-corrected chi connectivity index (χ3v) is 4.53. The fourth-order valence-electron chi connectivity index (χ4n) is 3.51. The minimum atomic E-state index is -0.0108. The van der Waals surface area contributed by atoms with E-state index in [0.29, 0.717) is 0 Å². The molecule has 0 aromatic carbocycles. The second-order valence-corrected chi connectivity index (χ2v) is 5.61. The van der Waals surface area contributed by atoms with Crippen LogP contribution in [0.3, 0.4) is 0 Å². The summed E-state index contributed by atoms with van der Waals surface area (Å²) >= 11 is 0. The maximum absolute atomic E-state index is 9.59. The van der Waals surface area contributed by atoms with E-state index in [4.69, 9.17) is 0 Å². The van der Waals surface area contributed by atoms with Crippen molar-refractivity contribution in [2.75, 3.05) is 6.54 Å². The Morgan fingerprint density at radius 1 is 1.00 bits per heavy atom. The summed E-state index contributed by atoms with van der Waals surface area (Å²) in [6.07, 6.45) is 11.4. The standard InChI is InChI=1S/C14H27NO/c1-2-12-6-4-3-5-11-15(12)13-7-9-14(16)10-8-13/h12-14,16H,2-11H2,1H3. The van der Waals surface area contributed by atoms with Gasteiger partial charge in [-0.15, -0.1) is 0 Å². The molecule has 1 unspecified atom stereocenters. The monoisotopic (exact) mass is 225 g/mol. The third-order valence-electron chi connectivity index (χ3n) is 4.53. The van der Waals surface area contributed by atoms with Crippen molar-refractivity contribution in [3.63, 3.8) is 0 Å². The molecule has 1 atom stereocenters. The highest BCUT2D eigenvalue weighted by Crippen LogP contribution is 2.29. The van der Waals surface area contributed by atoms with Crippen LogP contribution >= 0.6 is 0 Å². The molecule has 0 aromatic rings. The van der Waals surface area contributed by atoms with E-state index in [1.165, 1.54) is 51.5 Å². The Morgan fingerprint density at radius 2 is 1.75 bits per heavy atom. The van der Waals surface area contributed by atoms with Gasteiger partial charge < -0.3 is 5.11 Å². The highest BCUT2D eigenvalue weighted by Gasteiger charge is 2.29. The molecule has 1 saturated heterocycles. The summed E-state index contributed by atoms with van der Waals surface area (Å²) in [7, 11) is 0. The van der Waals surface area contributed by atoms with Crippen LogP contribution in [0.4, 0.5) is 0 Å². The van der Waals surface area contributed by atoms with Crippen LogP contribution in [-0.4, -0.2) is 34.7 Å². The number of rotatable bonds is 2. The summed E-state index contributed by atoms with van der Waals surface area (Å²) in [6.45, 7) is 3.64. The van der Waals surface area contributed by atoms with Crippen LogP contribution in [-0.2, 0) is 0 Å². The van der Waals surface area contributed by atoms with E-state index >= 15 is 0 Å². The van der Waals surface area contributed by atoms with Crippen molar-refractivity contribution in [3.05, 3.63) is 0 Å².